The maximum atomic E-state index is 13.9. The summed E-state index contributed by atoms with van der Waals surface area (Å²) in [6.45, 7) is 2.27. The fraction of sp³-hybridized carbons (Fsp3) is 0.321. The van der Waals surface area contributed by atoms with Gasteiger partial charge in [0.15, 0.2) is 11.5 Å². The van der Waals surface area contributed by atoms with E-state index in [1.807, 2.05) is 41.3 Å². The van der Waals surface area contributed by atoms with E-state index >= 15 is 0 Å². The van der Waals surface area contributed by atoms with Crippen LogP contribution in [0.5, 0.6) is 17.2 Å². The Bertz CT molecular complexity index is 1160. The number of piperidine rings is 1. The summed E-state index contributed by atoms with van der Waals surface area (Å²) in [7, 11) is 4.74. The second-order valence-corrected chi connectivity index (χ2v) is 8.55. The standard InChI is InChI=1S/C28H31FN2O4/c1-33-25-10-5-4-9-24(25)28(32)31(23-11-12-26(34-2)27(18-23)35-3)22-13-15-30(16-14-22)19-20-7-6-8-21(29)17-20/h4-12,17-18,22H,13-16,19H2,1-3H3. The third-order valence-electron chi connectivity index (χ3n) is 6.42. The van der Waals surface area contributed by atoms with Crippen molar-refractivity contribution in [2.75, 3.05) is 39.3 Å². The summed E-state index contributed by atoms with van der Waals surface area (Å²) in [6, 6.07) is 19.5. The summed E-state index contributed by atoms with van der Waals surface area (Å²) < 4.78 is 30.0. The lowest BCUT2D eigenvalue weighted by Gasteiger charge is -2.39. The first-order chi connectivity index (χ1) is 17.0. The first kappa shape index (κ1) is 24.5. The van der Waals surface area contributed by atoms with E-state index < -0.39 is 0 Å². The van der Waals surface area contributed by atoms with E-state index in [9.17, 15) is 9.18 Å². The number of halogens is 1. The first-order valence-corrected chi connectivity index (χ1v) is 11.7. The quantitative estimate of drug-likeness (QED) is 0.448. The Kier molecular flexibility index (Phi) is 7.87. The van der Waals surface area contributed by atoms with Crippen molar-refractivity contribution >= 4 is 11.6 Å². The predicted octanol–water partition coefficient (Wildman–Crippen LogP) is 5.16. The number of ether oxygens (including phenoxy) is 3. The molecule has 3 aromatic rings. The molecule has 0 saturated carbocycles. The summed E-state index contributed by atoms with van der Waals surface area (Å²) in [6.07, 6.45) is 1.56. The lowest BCUT2D eigenvalue weighted by Crippen LogP contribution is -2.47. The minimum absolute atomic E-state index is 0.0192. The highest BCUT2D eigenvalue weighted by atomic mass is 19.1. The molecule has 0 bridgehead atoms. The van der Waals surface area contributed by atoms with E-state index in [0.29, 0.717) is 29.4 Å². The predicted molar refractivity (Wildman–Crippen MR) is 134 cm³/mol. The lowest BCUT2D eigenvalue weighted by molar-refractivity contribution is 0.0955. The van der Waals surface area contributed by atoms with Gasteiger partial charge in [0.1, 0.15) is 11.6 Å². The summed E-state index contributed by atoms with van der Waals surface area (Å²) >= 11 is 0. The first-order valence-electron chi connectivity index (χ1n) is 11.7. The normalized spacial score (nSPS) is 14.4. The number of hydrogen-bond acceptors (Lipinski definition) is 5. The highest BCUT2D eigenvalue weighted by molar-refractivity contribution is 6.08. The molecule has 3 aromatic carbocycles. The monoisotopic (exact) mass is 478 g/mol. The van der Waals surface area contributed by atoms with E-state index in [4.69, 9.17) is 14.2 Å². The molecule has 1 heterocycles. The molecular formula is C28H31FN2O4. The molecule has 1 aliphatic heterocycles. The van der Waals surface area contributed by atoms with Gasteiger partial charge in [-0.05, 0) is 54.8 Å². The van der Waals surface area contributed by atoms with Crippen LogP contribution in [0.2, 0.25) is 0 Å². The maximum Gasteiger partial charge on any atom is 0.262 e. The molecule has 184 valence electrons. The molecule has 1 amide bonds. The van der Waals surface area contributed by atoms with E-state index in [-0.39, 0.29) is 17.8 Å². The molecule has 35 heavy (non-hydrogen) atoms. The zero-order valence-corrected chi connectivity index (χ0v) is 20.4. The van der Waals surface area contributed by atoms with E-state index in [1.165, 1.54) is 6.07 Å². The molecule has 0 atom stereocenters. The van der Waals surface area contributed by atoms with Crippen LogP contribution in [0.15, 0.2) is 66.7 Å². The van der Waals surface area contributed by atoms with Crippen molar-refractivity contribution in [1.82, 2.24) is 4.90 Å². The SMILES string of the molecule is COc1ccc(N(C(=O)c2ccccc2OC)C2CCN(Cc3cccc(F)c3)CC2)cc1OC. The number of amides is 1. The van der Waals surface area contributed by atoms with Crippen LogP contribution >= 0.6 is 0 Å². The van der Waals surface area contributed by atoms with Gasteiger partial charge in [-0.3, -0.25) is 9.69 Å². The molecule has 0 aromatic heterocycles. The number of nitrogens with zero attached hydrogens (tertiary/aromatic N) is 2. The van der Waals surface area contributed by atoms with Crippen LogP contribution in [0, 0.1) is 5.82 Å². The van der Waals surface area contributed by atoms with Gasteiger partial charge in [0.2, 0.25) is 0 Å². The molecule has 0 spiro atoms. The van der Waals surface area contributed by atoms with Crippen molar-refractivity contribution in [3.8, 4) is 17.2 Å². The van der Waals surface area contributed by atoms with Gasteiger partial charge in [-0.25, -0.2) is 4.39 Å². The third kappa shape index (κ3) is 5.57. The van der Waals surface area contributed by atoms with Gasteiger partial charge in [0, 0.05) is 37.4 Å². The molecule has 0 radical (unpaired) electrons. The summed E-state index contributed by atoms with van der Waals surface area (Å²) in [5.74, 6) is 1.35. The van der Waals surface area contributed by atoms with Crippen LogP contribution in [-0.4, -0.2) is 51.3 Å². The molecule has 1 saturated heterocycles. The number of carbonyl (C=O) groups is 1. The van der Waals surface area contributed by atoms with Crippen LogP contribution in [0.1, 0.15) is 28.8 Å². The largest absolute Gasteiger partial charge is 0.496 e. The van der Waals surface area contributed by atoms with Crippen LogP contribution < -0.4 is 19.1 Å². The highest BCUT2D eigenvalue weighted by Gasteiger charge is 2.31. The van der Waals surface area contributed by atoms with Gasteiger partial charge in [0.25, 0.3) is 5.91 Å². The van der Waals surface area contributed by atoms with E-state index in [2.05, 4.69) is 4.90 Å². The number of likely N-dealkylation sites (tertiary alicyclic amines) is 1. The number of carbonyl (C=O) groups excluding carboxylic acids is 1. The van der Waals surface area contributed by atoms with Gasteiger partial charge in [-0.15, -0.1) is 0 Å². The number of hydrogen-bond donors (Lipinski definition) is 0. The fourth-order valence-corrected chi connectivity index (χ4v) is 4.65. The maximum absolute atomic E-state index is 13.9. The van der Waals surface area contributed by atoms with Gasteiger partial charge < -0.3 is 19.1 Å². The molecule has 1 aliphatic rings. The molecule has 1 fully saturated rings. The average molecular weight is 479 g/mol. The minimum atomic E-state index is -0.223. The van der Waals surface area contributed by atoms with Gasteiger partial charge in [-0.2, -0.15) is 0 Å². The Labute approximate surface area is 205 Å². The number of anilines is 1. The lowest BCUT2D eigenvalue weighted by atomic mass is 9.99. The number of para-hydroxylation sites is 1. The van der Waals surface area contributed by atoms with Crippen molar-refractivity contribution in [3.05, 3.63) is 83.7 Å². The zero-order valence-electron chi connectivity index (χ0n) is 20.4. The molecule has 0 unspecified atom stereocenters. The van der Waals surface area contributed by atoms with Crippen molar-refractivity contribution in [2.24, 2.45) is 0 Å². The second kappa shape index (κ2) is 11.2. The fourth-order valence-electron chi connectivity index (χ4n) is 4.65. The Morgan fingerprint density at radius 1 is 0.886 bits per heavy atom. The minimum Gasteiger partial charge on any atom is -0.496 e. The third-order valence-corrected chi connectivity index (χ3v) is 6.42. The molecule has 6 nitrogen and oxygen atoms in total. The van der Waals surface area contributed by atoms with Crippen LogP contribution in [0.4, 0.5) is 10.1 Å². The van der Waals surface area contributed by atoms with Crippen LogP contribution in [-0.2, 0) is 6.54 Å². The molecule has 0 aliphatic carbocycles. The average Bonchev–Trinajstić information content (AvgIpc) is 2.89. The van der Waals surface area contributed by atoms with Gasteiger partial charge >= 0.3 is 0 Å². The smallest absolute Gasteiger partial charge is 0.262 e. The molecular weight excluding hydrogens is 447 g/mol. The summed E-state index contributed by atoms with van der Waals surface area (Å²) in [5, 5.41) is 0. The van der Waals surface area contributed by atoms with Crippen molar-refractivity contribution < 1.29 is 23.4 Å². The van der Waals surface area contributed by atoms with E-state index in [1.54, 1.807) is 45.6 Å². The topological polar surface area (TPSA) is 51.2 Å². The number of benzene rings is 3. The van der Waals surface area contributed by atoms with Crippen LogP contribution in [0.25, 0.3) is 0 Å². The van der Waals surface area contributed by atoms with Crippen LogP contribution in [0.3, 0.4) is 0 Å². The number of methoxy groups -OCH3 is 3. The number of rotatable bonds is 8. The Balaban J connectivity index is 1.60. The zero-order chi connectivity index (χ0) is 24.8. The Morgan fingerprint density at radius 2 is 1.60 bits per heavy atom. The summed E-state index contributed by atoms with van der Waals surface area (Å²) in [5.41, 5.74) is 2.19. The van der Waals surface area contributed by atoms with Gasteiger partial charge in [-0.1, -0.05) is 24.3 Å². The molecule has 7 heteroatoms. The van der Waals surface area contributed by atoms with Crippen molar-refractivity contribution in [2.45, 2.75) is 25.4 Å². The van der Waals surface area contributed by atoms with Crippen molar-refractivity contribution in [1.29, 1.82) is 0 Å². The Hall–Kier alpha value is -3.58. The molecule has 0 N–H and O–H groups in total. The molecule has 4 rings (SSSR count). The summed E-state index contributed by atoms with van der Waals surface area (Å²) in [4.78, 5) is 18.1. The Morgan fingerprint density at radius 3 is 2.29 bits per heavy atom. The van der Waals surface area contributed by atoms with Crippen molar-refractivity contribution in [3.63, 3.8) is 0 Å². The van der Waals surface area contributed by atoms with Gasteiger partial charge in [0.05, 0.1) is 26.9 Å². The second-order valence-electron chi connectivity index (χ2n) is 8.55. The van der Waals surface area contributed by atoms with E-state index in [0.717, 1.165) is 37.2 Å². The highest BCUT2D eigenvalue weighted by Crippen LogP contribution is 2.35.